The molecule has 0 N–H and O–H groups in total. The fourth-order valence-corrected chi connectivity index (χ4v) is 2.41. The maximum Gasteiger partial charge on any atom is 0.135 e. The molecule has 0 aromatic carbocycles. The number of hydrogen-bond donors (Lipinski definition) is 0. The Bertz CT molecular complexity index is 116. The number of rotatable bonds is 2. The van der Waals surface area contributed by atoms with Gasteiger partial charge in [0, 0.05) is 12.3 Å². The van der Waals surface area contributed by atoms with E-state index in [-0.39, 0.29) is 0 Å². The van der Waals surface area contributed by atoms with Crippen molar-refractivity contribution in [3.63, 3.8) is 0 Å². The quantitative estimate of drug-likeness (QED) is 0.612. The summed E-state index contributed by atoms with van der Waals surface area (Å²) in [5, 5.41) is 0. The molecular weight excluding hydrogens is 144 g/mol. The SMILES string of the molecule is CCC(=O)C1CCSCC1. The van der Waals surface area contributed by atoms with Gasteiger partial charge in [0.25, 0.3) is 0 Å². The van der Waals surface area contributed by atoms with E-state index in [0.29, 0.717) is 11.7 Å². The number of ketones is 1. The molecule has 1 aliphatic heterocycles. The van der Waals surface area contributed by atoms with Crippen LogP contribution in [-0.2, 0) is 4.79 Å². The molecular formula is C8H14OS. The Balaban J connectivity index is 2.31. The molecule has 1 aliphatic rings. The molecule has 1 heterocycles. The van der Waals surface area contributed by atoms with Crippen LogP contribution in [0.4, 0.5) is 0 Å². The zero-order valence-corrected chi connectivity index (χ0v) is 7.25. The van der Waals surface area contributed by atoms with E-state index >= 15 is 0 Å². The lowest BCUT2D eigenvalue weighted by molar-refractivity contribution is -0.122. The Morgan fingerprint density at radius 3 is 2.60 bits per heavy atom. The van der Waals surface area contributed by atoms with Crippen molar-refractivity contribution in [3.05, 3.63) is 0 Å². The van der Waals surface area contributed by atoms with Gasteiger partial charge >= 0.3 is 0 Å². The van der Waals surface area contributed by atoms with E-state index in [0.717, 1.165) is 19.3 Å². The molecule has 0 amide bonds. The molecule has 0 bridgehead atoms. The van der Waals surface area contributed by atoms with Crippen molar-refractivity contribution in [2.75, 3.05) is 11.5 Å². The smallest absolute Gasteiger partial charge is 0.135 e. The molecule has 1 saturated heterocycles. The molecule has 10 heavy (non-hydrogen) atoms. The molecule has 0 aromatic heterocycles. The second-order valence-corrected chi connectivity index (χ2v) is 3.93. The van der Waals surface area contributed by atoms with Gasteiger partial charge in [-0.3, -0.25) is 4.79 Å². The topological polar surface area (TPSA) is 17.1 Å². The van der Waals surface area contributed by atoms with Gasteiger partial charge in [-0.2, -0.15) is 11.8 Å². The zero-order valence-electron chi connectivity index (χ0n) is 6.43. The van der Waals surface area contributed by atoms with Crippen molar-refractivity contribution >= 4 is 17.5 Å². The van der Waals surface area contributed by atoms with Crippen molar-refractivity contribution in [2.24, 2.45) is 5.92 Å². The monoisotopic (exact) mass is 158 g/mol. The van der Waals surface area contributed by atoms with E-state index in [4.69, 9.17) is 0 Å². The highest BCUT2D eigenvalue weighted by molar-refractivity contribution is 7.99. The Morgan fingerprint density at radius 2 is 2.10 bits per heavy atom. The van der Waals surface area contributed by atoms with Crippen molar-refractivity contribution in [3.8, 4) is 0 Å². The fraction of sp³-hybridized carbons (Fsp3) is 0.875. The molecule has 0 unspecified atom stereocenters. The molecule has 1 nitrogen and oxygen atoms in total. The molecule has 2 heteroatoms. The van der Waals surface area contributed by atoms with E-state index in [1.165, 1.54) is 11.5 Å². The minimum Gasteiger partial charge on any atom is -0.299 e. The Labute approximate surface area is 66.6 Å². The van der Waals surface area contributed by atoms with Crippen molar-refractivity contribution < 1.29 is 4.79 Å². The van der Waals surface area contributed by atoms with E-state index < -0.39 is 0 Å². The van der Waals surface area contributed by atoms with Crippen LogP contribution >= 0.6 is 11.8 Å². The summed E-state index contributed by atoms with van der Waals surface area (Å²) in [4.78, 5) is 11.2. The van der Waals surface area contributed by atoms with Crippen LogP contribution in [0.1, 0.15) is 26.2 Å². The molecule has 0 aliphatic carbocycles. The van der Waals surface area contributed by atoms with Gasteiger partial charge in [-0.25, -0.2) is 0 Å². The minimum atomic E-state index is 0.409. The van der Waals surface area contributed by atoms with Crippen molar-refractivity contribution in [2.45, 2.75) is 26.2 Å². The zero-order chi connectivity index (χ0) is 7.40. The normalized spacial score (nSPS) is 20.9. The lowest BCUT2D eigenvalue weighted by atomic mass is 9.96. The van der Waals surface area contributed by atoms with E-state index in [1.54, 1.807) is 0 Å². The Kier molecular flexibility index (Phi) is 3.26. The standard InChI is InChI=1S/C8H14OS/c1-2-8(9)7-3-5-10-6-4-7/h7H,2-6H2,1H3. The van der Waals surface area contributed by atoms with Crippen LogP contribution in [0.15, 0.2) is 0 Å². The van der Waals surface area contributed by atoms with E-state index in [2.05, 4.69) is 0 Å². The fourth-order valence-electron chi connectivity index (χ4n) is 1.31. The van der Waals surface area contributed by atoms with Gasteiger partial charge in [0.05, 0.1) is 0 Å². The predicted molar refractivity (Wildman–Crippen MR) is 45.3 cm³/mol. The van der Waals surface area contributed by atoms with Crippen LogP contribution in [0.2, 0.25) is 0 Å². The lowest BCUT2D eigenvalue weighted by Gasteiger charge is -2.18. The number of thioether (sulfide) groups is 1. The van der Waals surface area contributed by atoms with Crippen LogP contribution in [0, 0.1) is 5.92 Å². The van der Waals surface area contributed by atoms with Crippen LogP contribution in [0.3, 0.4) is 0 Å². The number of Topliss-reactive ketones (excluding diaryl/α,β-unsaturated/α-hetero) is 1. The first-order chi connectivity index (χ1) is 4.84. The highest BCUT2D eigenvalue weighted by Crippen LogP contribution is 2.23. The first-order valence-corrected chi connectivity index (χ1v) is 5.10. The van der Waals surface area contributed by atoms with Gasteiger partial charge in [-0.15, -0.1) is 0 Å². The van der Waals surface area contributed by atoms with Gasteiger partial charge in [-0.1, -0.05) is 6.92 Å². The highest BCUT2D eigenvalue weighted by Gasteiger charge is 2.18. The van der Waals surface area contributed by atoms with Crippen LogP contribution in [0.25, 0.3) is 0 Å². The molecule has 58 valence electrons. The maximum atomic E-state index is 11.2. The highest BCUT2D eigenvalue weighted by atomic mass is 32.2. The molecule has 0 atom stereocenters. The van der Waals surface area contributed by atoms with Crippen molar-refractivity contribution in [1.82, 2.24) is 0 Å². The summed E-state index contributed by atoms with van der Waals surface area (Å²) < 4.78 is 0. The number of carbonyl (C=O) groups is 1. The Hall–Kier alpha value is 0.0200. The number of carbonyl (C=O) groups excluding carboxylic acids is 1. The molecule has 0 aromatic rings. The molecule has 1 fully saturated rings. The lowest BCUT2D eigenvalue weighted by Crippen LogP contribution is -2.18. The number of hydrogen-bond acceptors (Lipinski definition) is 2. The van der Waals surface area contributed by atoms with Crippen LogP contribution in [0.5, 0.6) is 0 Å². The van der Waals surface area contributed by atoms with E-state index in [9.17, 15) is 4.79 Å². The average molecular weight is 158 g/mol. The third kappa shape index (κ3) is 2.01. The third-order valence-electron chi connectivity index (χ3n) is 2.03. The summed E-state index contributed by atoms with van der Waals surface area (Å²) in [6.45, 7) is 1.96. The van der Waals surface area contributed by atoms with Gasteiger partial charge < -0.3 is 0 Å². The summed E-state index contributed by atoms with van der Waals surface area (Å²) in [6.07, 6.45) is 2.98. The summed E-state index contributed by atoms with van der Waals surface area (Å²) in [5.74, 6) is 3.26. The van der Waals surface area contributed by atoms with Crippen molar-refractivity contribution in [1.29, 1.82) is 0 Å². The van der Waals surface area contributed by atoms with Gasteiger partial charge in [0.1, 0.15) is 5.78 Å². The molecule has 0 saturated carbocycles. The van der Waals surface area contributed by atoms with Gasteiger partial charge in [-0.05, 0) is 24.3 Å². The largest absolute Gasteiger partial charge is 0.299 e. The minimum absolute atomic E-state index is 0.409. The van der Waals surface area contributed by atoms with Crippen LogP contribution < -0.4 is 0 Å². The molecule has 0 spiro atoms. The summed E-state index contributed by atoms with van der Waals surface area (Å²) in [5.41, 5.74) is 0. The molecule has 0 radical (unpaired) electrons. The predicted octanol–water partition coefficient (Wildman–Crippen LogP) is 2.11. The van der Waals surface area contributed by atoms with Gasteiger partial charge in [0.15, 0.2) is 0 Å². The second kappa shape index (κ2) is 4.02. The third-order valence-corrected chi connectivity index (χ3v) is 3.07. The Morgan fingerprint density at radius 1 is 1.50 bits per heavy atom. The summed E-state index contributed by atoms with van der Waals surface area (Å²) >= 11 is 1.97. The average Bonchev–Trinajstić information content (AvgIpc) is 2.05. The van der Waals surface area contributed by atoms with E-state index in [1.807, 2.05) is 18.7 Å². The van der Waals surface area contributed by atoms with Crippen LogP contribution in [-0.4, -0.2) is 17.3 Å². The maximum absolute atomic E-state index is 11.2. The van der Waals surface area contributed by atoms with Gasteiger partial charge in [0.2, 0.25) is 0 Å². The first kappa shape index (κ1) is 8.12. The first-order valence-electron chi connectivity index (χ1n) is 3.95. The second-order valence-electron chi connectivity index (χ2n) is 2.71. The summed E-state index contributed by atoms with van der Waals surface area (Å²) in [7, 11) is 0. The summed E-state index contributed by atoms with van der Waals surface area (Å²) in [6, 6.07) is 0. The molecule has 1 rings (SSSR count).